The second kappa shape index (κ2) is 12.8. The molecule has 4 N–H and O–H groups in total. The van der Waals surface area contributed by atoms with Crippen LogP contribution in [0.25, 0.3) is 17.0 Å². The van der Waals surface area contributed by atoms with E-state index in [-0.39, 0.29) is 17.5 Å². The van der Waals surface area contributed by atoms with E-state index in [1.165, 1.54) is 11.8 Å². The van der Waals surface area contributed by atoms with E-state index in [1.807, 2.05) is 42.5 Å². The highest BCUT2D eigenvalue weighted by Gasteiger charge is 2.16. The van der Waals surface area contributed by atoms with Crippen molar-refractivity contribution in [2.75, 3.05) is 16.4 Å². The lowest BCUT2D eigenvalue weighted by atomic mass is 10.1. The number of rotatable bonds is 10. The maximum atomic E-state index is 13.4. The van der Waals surface area contributed by atoms with E-state index in [0.717, 1.165) is 21.4 Å². The van der Waals surface area contributed by atoms with Crippen molar-refractivity contribution in [3.63, 3.8) is 0 Å². The van der Waals surface area contributed by atoms with Gasteiger partial charge in [0, 0.05) is 57.0 Å². The Labute approximate surface area is 240 Å². The fourth-order valence-electron chi connectivity index (χ4n) is 4.04. The first-order chi connectivity index (χ1) is 19.9. The summed E-state index contributed by atoms with van der Waals surface area (Å²) in [7, 11) is 0. The van der Waals surface area contributed by atoms with Crippen LogP contribution in [0.4, 0.5) is 11.5 Å². The molecule has 0 aliphatic rings. The average molecular weight is 566 g/mol. The van der Waals surface area contributed by atoms with E-state index in [0.29, 0.717) is 35.0 Å². The first-order valence-corrected chi connectivity index (χ1v) is 13.8. The molecular weight excluding hydrogens is 538 g/mol. The number of nitrogens with zero attached hydrogens (tertiary/aromatic N) is 1. The molecule has 3 aromatic carbocycles. The van der Waals surface area contributed by atoms with Gasteiger partial charge in [0.05, 0.1) is 0 Å². The number of nitrogens with one attached hydrogen (secondary N) is 4. The minimum atomic E-state index is -0.459. The Morgan fingerprint density at radius 2 is 1.71 bits per heavy atom. The van der Waals surface area contributed by atoms with Gasteiger partial charge < -0.3 is 25.5 Å². The van der Waals surface area contributed by atoms with Crippen molar-refractivity contribution in [3.05, 3.63) is 114 Å². The molecule has 3 amide bonds. The Morgan fingerprint density at radius 3 is 2.46 bits per heavy atom. The normalized spacial score (nSPS) is 11.3. The van der Waals surface area contributed by atoms with Gasteiger partial charge >= 0.3 is 0 Å². The number of carbonyl (C=O) groups excluding carboxylic acids is 3. The number of para-hydroxylation sites is 1. The predicted octanol–water partition coefficient (Wildman–Crippen LogP) is 5.99. The van der Waals surface area contributed by atoms with Crippen molar-refractivity contribution in [2.45, 2.75) is 18.2 Å². The van der Waals surface area contributed by atoms with Gasteiger partial charge in [-0.3, -0.25) is 14.4 Å². The maximum Gasteiger partial charge on any atom is 0.272 e. The van der Waals surface area contributed by atoms with Crippen LogP contribution in [0.2, 0.25) is 0 Å². The number of fused-ring (bicyclic) bond motifs is 1. The Hall–Kier alpha value is -5.09. The highest BCUT2D eigenvalue weighted by atomic mass is 32.2. The summed E-state index contributed by atoms with van der Waals surface area (Å²) in [6.07, 6.45) is 3.76. The summed E-state index contributed by atoms with van der Waals surface area (Å²) in [5, 5.41) is 13.0. The molecule has 0 bridgehead atoms. The second-order valence-electron chi connectivity index (χ2n) is 9.12. The molecule has 2 heterocycles. The predicted molar refractivity (Wildman–Crippen MR) is 160 cm³/mol. The fraction of sp³-hybridized carbons (Fsp3) is 0.0968. The molecule has 0 aliphatic carbocycles. The second-order valence-corrected chi connectivity index (χ2v) is 10.3. The molecule has 9 nitrogen and oxygen atoms in total. The summed E-state index contributed by atoms with van der Waals surface area (Å²) in [5.74, 6) is 0.594. The topological polar surface area (TPSA) is 129 Å². The number of carbonyl (C=O) groups is 3. The van der Waals surface area contributed by atoms with E-state index >= 15 is 0 Å². The van der Waals surface area contributed by atoms with Gasteiger partial charge in [-0.1, -0.05) is 41.6 Å². The van der Waals surface area contributed by atoms with Crippen molar-refractivity contribution < 1.29 is 18.9 Å². The number of hydrogen-bond donors (Lipinski definition) is 4. The monoisotopic (exact) mass is 565 g/mol. The zero-order valence-corrected chi connectivity index (χ0v) is 23.0. The Morgan fingerprint density at radius 1 is 0.951 bits per heavy atom. The first kappa shape index (κ1) is 27.5. The maximum absolute atomic E-state index is 13.4. The Balaban J connectivity index is 1.24. The number of thioether (sulfide) groups is 1. The third-order valence-corrected chi connectivity index (χ3v) is 7.07. The molecule has 41 heavy (non-hydrogen) atoms. The van der Waals surface area contributed by atoms with Crippen LogP contribution in [0.3, 0.4) is 0 Å². The number of H-pyrrole nitrogens is 1. The van der Waals surface area contributed by atoms with Crippen LogP contribution in [-0.4, -0.2) is 33.6 Å². The largest absolute Gasteiger partial charge is 0.361 e. The van der Waals surface area contributed by atoms with Crippen molar-refractivity contribution in [2.24, 2.45) is 0 Å². The molecule has 0 aliphatic heterocycles. The number of amides is 3. The van der Waals surface area contributed by atoms with Gasteiger partial charge in [0.1, 0.15) is 11.5 Å². The van der Waals surface area contributed by atoms with E-state index in [9.17, 15) is 14.4 Å². The van der Waals surface area contributed by atoms with Gasteiger partial charge in [-0.05, 0) is 55.5 Å². The van der Waals surface area contributed by atoms with Gasteiger partial charge in [0.15, 0.2) is 5.82 Å². The molecule has 0 fully saturated rings. The van der Waals surface area contributed by atoms with Crippen LogP contribution in [-0.2, 0) is 9.59 Å². The fourth-order valence-corrected chi connectivity index (χ4v) is 4.89. The molecule has 10 heteroatoms. The van der Waals surface area contributed by atoms with Crippen LogP contribution in [0.1, 0.15) is 28.1 Å². The van der Waals surface area contributed by atoms with Crippen LogP contribution in [0, 0.1) is 6.92 Å². The lowest BCUT2D eigenvalue weighted by molar-refractivity contribution is -0.116. The summed E-state index contributed by atoms with van der Waals surface area (Å²) in [6, 6.07) is 25.4. The molecule has 0 atom stereocenters. The van der Waals surface area contributed by atoms with Crippen molar-refractivity contribution in [3.8, 4) is 0 Å². The molecule has 2 aromatic heterocycles. The van der Waals surface area contributed by atoms with Crippen LogP contribution in [0.15, 0.2) is 106 Å². The Bertz CT molecular complexity index is 1710. The van der Waals surface area contributed by atoms with Crippen LogP contribution >= 0.6 is 11.8 Å². The van der Waals surface area contributed by atoms with E-state index in [1.54, 1.807) is 61.7 Å². The molecule has 0 spiro atoms. The number of aryl methyl sites for hydroxylation is 1. The van der Waals surface area contributed by atoms with Gasteiger partial charge in [-0.15, -0.1) is 11.8 Å². The molecule has 5 aromatic rings. The first-order valence-electron chi connectivity index (χ1n) is 12.9. The van der Waals surface area contributed by atoms with Crippen molar-refractivity contribution in [1.82, 2.24) is 15.5 Å². The van der Waals surface area contributed by atoms with Crippen LogP contribution in [0.5, 0.6) is 0 Å². The average Bonchev–Trinajstić information content (AvgIpc) is 3.59. The minimum Gasteiger partial charge on any atom is -0.361 e. The summed E-state index contributed by atoms with van der Waals surface area (Å²) in [6.45, 7) is 1.76. The minimum absolute atomic E-state index is 0.107. The molecule has 0 radical (unpaired) electrons. The SMILES string of the molecule is Cc1cc(NC(=O)CCSc2ccc(NC(=O)/C(=C/c3c[nH]c4ccccc34)NC(=O)c3ccccc3)cc2)no1. The quantitative estimate of drug-likeness (QED) is 0.122. The lowest BCUT2D eigenvalue weighted by Gasteiger charge is -2.12. The number of hydrogen-bond acceptors (Lipinski definition) is 6. The van der Waals surface area contributed by atoms with Crippen molar-refractivity contribution in [1.29, 1.82) is 0 Å². The van der Waals surface area contributed by atoms with E-state index in [4.69, 9.17) is 4.52 Å². The highest BCUT2D eigenvalue weighted by molar-refractivity contribution is 7.99. The van der Waals surface area contributed by atoms with E-state index in [2.05, 4.69) is 26.1 Å². The zero-order valence-electron chi connectivity index (χ0n) is 22.1. The summed E-state index contributed by atoms with van der Waals surface area (Å²) in [5.41, 5.74) is 2.81. The molecular formula is C31H27N5O4S. The van der Waals surface area contributed by atoms with Gasteiger partial charge in [0.25, 0.3) is 11.8 Å². The van der Waals surface area contributed by atoms with Crippen molar-refractivity contribution >= 4 is 58.0 Å². The molecule has 5 rings (SSSR count). The van der Waals surface area contributed by atoms with Crippen LogP contribution < -0.4 is 16.0 Å². The standard InChI is InChI=1S/C31H27N5O4S/c1-20-17-28(36-40-20)35-29(37)15-16-41-24-13-11-23(12-14-24)33-31(39)27(34-30(38)21-7-3-2-4-8-21)18-22-19-32-26-10-6-5-9-25(22)26/h2-14,17-19,32H,15-16H2,1H3,(H,33,39)(H,34,38)(H,35,36,37)/b27-18-. The number of aromatic nitrogens is 2. The molecule has 206 valence electrons. The van der Waals surface area contributed by atoms with Gasteiger partial charge in [-0.2, -0.15) is 0 Å². The van der Waals surface area contributed by atoms with Gasteiger partial charge in [0.2, 0.25) is 5.91 Å². The summed E-state index contributed by atoms with van der Waals surface area (Å²) < 4.78 is 4.95. The molecule has 0 unspecified atom stereocenters. The highest BCUT2D eigenvalue weighted by Crippen LogP contribution is 2.23. The molecule has 0 saturated carbocycles. The molecule has 0 saturated heterocycles. The lowest BCUT2D eigenvalue weighted by Crippen LogP contribution is -2.30. The third kappa shape index (κ3) is 7.31. The van der Waals surface area contributed by atoms with E-state index < -0.39 is 5.91 Å². The number of benzene rings is 3. The van der Waals surface area contributed by atoms with Gasteiger partial charge in [-0.25, -0.2) is 0 Å². The smallest absolute Gasteiger partial charge is 0.272 e. The third-order valence-electron chi connectivity index (χ3n) is 6.06. The Kier molecular flexibility index (Phi) is 8.61. The number of anilines is 2. The number of aromatic amines is 1. The zero-order chi connectivity index (χ0) is 28.6. The summed E-state index contributed by atoms with van der Waals surface area (Å²) >= 11 is 1.52. The summed E-state index contributed by atoms with van der Waals surface area (Å²) in [4.78, 5) is 42.5.